The van der Waals surface area contributed by atoms with E-state index in [9.17, 15) is 8.42 Å². The molecule has 3 rings (SSSR count). The molecule has 0 saturated heterocycles. The number of fused-ring (bicyclic) bond motifs is 1. The Balaban J connectivity index is 1.88. The van der Waals surface area contributed by atoms with Gasteiger partial charge in [0.05, 0.1) is 5.69 Å². The topological polar surface area (TPSA) is 100 Å². The highest BCUT2D eigenvalue weighted by atomic mass is 32.2. The maximum absolute atomic E-state index is 11.7. The molecular formula is C15H17N5O3S. The first-order valence-corrected chi connectivity index (χ1v) is 8.55. The van der Waals surface area contributed by atoms with Crippen molar-refractivity contribution in [3.63, 3.8) is 0 Å². The van der Waals surface area contributed by atoms with Crippen molar-refractivity contribution < 1.29 is 12.6 Å². The van der Waals surface area contributed by atoms with E-state index < -0.39 is 10.3 Å². The van der Waals surface area contributed by atoms with E-state index in [-0.39, 0.29) is 5.75 Å². The quantitative estimate of drug-likeness (QED) is 0.680. The van der Waals surface area contributed by atoms with E-state index in [2.05, 4.69) is 19.8 Å². The SMILES string of the molecule is Cc1c(-c2ccc(OS(=O)(=O)NN(C)C)cc2)[nH]c2nccnc12. The highest BCUT2D eigenvalue weighted by Crippen LogP contribution is 2.28. The molecule has 0 fully saturated rings. The van der Waals surface area contributed by atoms with Gasteiger partial charge in [-0.15, -0.1) is 4.83 Å². The Hall–Kier alpha value is -2.49. The maximum atomic E-state index is 11.7. The Morgan fingerprint density at radius 2 is 1.79 bits per heavy atom. The highest BCUT2D eigenvalue weighted by molar-refractivity contribution is 7.85. The smallest absolute Gasteiger partial charge is 0.370 e. The second-order valence-electron chi connectivity index (χ2n) is 5.43. The van der Waals surface area contributed by atoms with E-state index in [4.69, 9.17) is 4.18 Å². The molecule has 2 heterocycles. The third-order valence-electron chi connectivity index (χ3n) is 3.32. The Labute approximate surface area is 139 Å². The second-order valence-corrected chi connectivity index (χ2v) is 6.68. The summed E-state index contributed by atoms with van der Waals surface area (Å²) in [6.45, 7) is 1.96. The van der Waals surface area contributed by atoms with Crippen molar-refractivity contribution in [3.8, 4) is 17.0 Å². The molecule has 0 atom stereocenters. The number of hydrogen-bond donors (Lipinski definition) is 2. The van der Waals surface area contributed by atoms with Crippen LogP contribution >= 0.6 is 0 Å². The van der Waals surface area contributed by atoms with Crippen molar-refractivity contribution in [2.24, 2.45) is 0 Å². The third kappa shape index (κ3) is 3.37. The average molecular weight is 347 g/mol. The van der Waals surface area contributed by atoms with Crippen LogP contribution in [0.15, 0.2) is 36.7 Å². The molecule has 0 bridgehead atoms. The monoisotopic (exact) mass is 347 g/mol. The van der Waals surface area contributed by atoms with Gasteiger partial charge < -0.3 is 9.17 Å². The predicted molar refractivity (Wildman–Crippen MR) is 90.4 cm³/mol. The van der Waals surface area contributed by atoms with Crippen LogP contribution in [0.4, 0.5) is 0 Å². The molecule has 0 unspecified atom stereocenters. The molecule has 0 amide bonds. The molecule has 24 heavy (non-hydrogen) atoms. The summed E-state index contributed by atoms with van der Waals surface area (Å²) >= 11 is 0. The number of benzene rings is 1. The van der Waals surface area contributed by atoms with Gasteiger partial charge in [-0.2, -0.15) is 8.42 Å². The molecule has 0 aliphatic rings. The summed E-state index contributed by atoms with van der Waals surface area (Å²) in [5.41, 5.74) is 4.27. The van der Waals surface area contributed by atoms with Crippen molar-refractivity contribution in [3.05, 3.63) is 42.2 Å². The number of aromatic amines is 1. The van der Waals surface area contributed by atoms with Crippen LogP contribution < -0.4 is 9.01 Å². The molecule has 0 spiro atoms. The minimum atomic E-state index is -3.89. The van der Waals surface area contributed by atoms with Crippen LogP contribution in [0.1, 0.15) is 5.56 Å². The van der Waals surface area contributed by atoms with Crippen molar-refractivity contribution in [2.75, 3.05) is 14.1 Å². The fraction of sp³-hybridized carbons (Fsp3) is 0.200. The van der Waals surface area contributed by atoms with Crippen molar-refractivity contribution in [1.82, 2.24) is 24.8 Å². The average Bonchev–Trinajstić information content (AvgIpc) is 2.84. The van der Waals surface area contributed by atoms with Crippen LogP contribution in [0.5, 0.6) is 5.75 Å². The summed E-state index contributed by atoms with van der Waals surface area (Å²) in [5, 5.41) is 1.29. The standard InChI is InChI=1S/C15H17N5O3S/c1-10-13(18-15-14(10)16-8-9-17-15)11-4-6-12(7-5-11)23-24(21,22)19-20(2)3/h4-9,19H,1-3H3,(H,17,18). The van der Waals surface area contributed by atoms with E-state index in [0.717, 1.165) is 22.3 Å². The normalized spacial score (nSPS) is 12.0. The van der Waals surface area contributed by atoms with E-state index in [1.807, 2.05) is 6.92 Å². The molecule has 2 N–H and O–H groups in total. The molecular weight excluding hydrogens is 330 g/mol. The van der Waals surface area contributed by atoms with Gasteiger partial charge in [0.15, 0.2) is 5.65 Å². The van der Waals surface area contributed by atoms with Gasteiger partial charge in [0.2, 0.25) is 0 Å². The van der Waals surface area contributed by atoms with Crippen LogP contribution in [-0.4, -0.2) is 42.5 Å². The Morgan fingerprint density at radius 3 is 2.42 bits per heavy atom. The van der Waals surface area contributed by atoms with Crippen LogP contribution in [0.25, 0.3) is 22.4 Å². The van der Waals surface area contributed by atoms with E-state index in [1.54, 1.807) is 50.8 Å². The zero-order valence-corrected chi connectivity index (χ0v) is 14.3. The number of rotatable bonds is 5. The number of aromatic nitrogens is 3. The van der Waals surface area contributed by atoms with Crippen molar-refractivity contribution >= 4 is 21.5 Å². The van der Waals surface area contributed by atoms with Gasteiger partial charge in [0, 0.05) is 32.1 Å². The van der Waals surface area contributed by atoms with Gasteiger partial charge in [0.1, 0.15) is 11.3 Å². The first kappa shape index (κ1) is 16.4. The zero-order valence-electron chi connectivity index (χ0n) is 13.4. The van der Waals surface area contributed by atoms with Gasteiger partial charge in [-0.05, 0) is 36.8 Å². The number of hydrogen-bond acceptors (Lipinski definition) is 6. The summed E-state index contributed by atoms with van der Waals surface area (Å²) in [6, 6.07) is 6.74. The third-order valence-corrected chi connectivity index (χ3v) is 4.32. The molecule has 3 aromatic rings. The number of hydrazine groups is 1. The molecule has 0 aliphatic heterocycles. The van der Waals surface area contributed by atoms with Gasteiger partial charge >= 0.3 is 10.3 Å². The van der Waals surface area contributed by atoms with Gasteiger partial charge in [0.25, 0.3) is 0 Å². The van der Waals surface area contributed by atoms with Crippen LogP contribution in [0.3, 0.4) is 0 Å². The van der Waals surface area contributed by atoms with E-state index in [1.165, 1.54) is 5.01 Å². The first-order chi connectivity index (χ1) is 11.4. The summed E-state index contributed by atoms with van der Waals surface area (Å²) in [6.07, 6.45) is 3.27. The fourth-order valence-corrected chi connectivity index (χ4v) is 3.22. The van der Waals surface area contributed by atoms with E-state index in [0.29, 0.717) is 5.65 Å². The van der Waals surface area contributed by atoms with Crippen molar-refractivity contribution in [2.45, 2.75) is 6.92 Å². The lowest BCUT2D eigenvalue weighted by atomic mass is 10.1. The van der Waals surface area contributed by atoms with Gasteiger partial charge in [-0.3, -0.25) is 4.98 Å². The minimum Gasteiger partial charge on any atom is -0.370 e. The van der Waals surface area contributed by atoms with Crippen molar-refractivity contribution in [1.29, 1.82) is 0 Å². The molecule has 0 aliphatic carbocycles. The molecule has 1 aromatic carbocycles. The van der Waals surface area contributed by atoms with Crippen LogP contribution in [-0.2, 0) is 10.3 Å². The number of H-pyrrole nitrogens is 1. The van der Waals surface area contributed by atoms with Gasteiger partial charge in [-0.1, -0.05) is 0 Å². The Kier molecular flexibility index (Phi) is 4.22. The largest absolute Gasteiger partial charge is 0.395 e. The number of aryl methyl sites for hydroxylation is 1. The van der Waals surface area contributed by atoms with Crippen LogP contribution in [0, 0.1) is 6.92 Å². The summed E-state index contributed by atoms with van der Waals surface area (Å²) < 4.78 is 28.5. The number of nitrogens with one attached hydrogen (secondary N) is 2. The number of nitrogens with zero attached hydrogens (tertiary/aromatic N) is 3. The predicted octanol–water partition coefficient (Wildman–Crippen LogP) is 1.62. The fourth-order valence-electron chi connectivity index (χ4n) is 2.37. The lowest BCUT2D eigenvalue weighted by molar-refractivity contribution is 0.338. The molecule has 126 valence electrons. The molecule has 8 nitrogen and oxygen atoms in total. The Morgan fingerprint density at radius 1 is 1.12 bits per heavy atom. The summed E-state index contributed by atoms with van der Waals surface area (Å²) in [7, 11) is -0.771. The molecule has 9 heteroatoms. The molecule has 0 saturated carbocycles. The lowest BCUT2D eigenvalue weighted by Crippen LogP contribution is -2.38. The first-order valence-electron chi connectivity index (χ1n) is 7.14. The summed E-state index contributed by atoms with van der Waals surface area (Å²) in [5.74, 6) is 0.220. The Bertz CT molecular complexity index is 964. The maximum Gasteiger partial charge on any atom is 0.395 e. The lowest BCUT2D eigenvalue weighted by Gasteiger charge is -2.12. The zero-order chi connectivity index (χ0) is 17.3. The molecule has 2 aromatic heterocycles. The highest BCUT2D eigenvalue weighted by Gasteiger charge is 2.14. The van der Waals surface area contributed by atoms with E-state index >= 15 is 0 Å². The second kappa shape index (κ2) is 6.19. The van der Waals surface area contributed by atoms with Gasteiger partial charge in [-0.25, -0.2) is 9.99 Å². The minimum absolute atomic E-state index is 0.220. The summed E-state index contributed by atoms with van der Waals surface area (Å²) in [4.78, 5) is 14.0. The van der Waals surface area contributed by atoms with Crippen LogP contribution in [0.2, 0.25) is 0 Å². The molecule has 0 radical (unpaired) electrons.